The summed E-state index contributed by atoms with van der Waals surface area (Å²) in [4.78, 5) is 4.39. The molecule has 0 amide bonds. The van der Waals surface area contributed by atoms with Crippen LogP contribution in [0.15, 0.2) is 47.0 Å². The van der Waals surface area contributed by atoms with Gasteiger partial charge in [-0.15, -0.1) is 0 Å². The molecule has 6 heteroatoms. The second kappa shape index (κ2) is 6.71. The summed E-state index contributed by atoms with van der Waals surface area (Å²) in [6.45, 7) is 2.39. The summed E-state index contributed by atoms with van der Waals surface area (Å²) in [6.07, 6.45) is 0. The number of hydrogen-bond donors (Lipinski definition) is 1. The Balaban J connectivity index is 1.75. The molecule has 3 rings (SSSR count). The molecule has 0 aliphatic carbocycles. The van der Waals surface area contributed by atoms with Crippen molar-refractivity contribution in [2.75, 3.05) is 12.4 Å². The van der Waals surface area contributed by atoms with Crippen molar-refractivity contribution < 1.29 is 9.26 Å². The first-order valence-corrected chi connectivity index (χ1v) is 7.51. The third-order valence-electron chi connectivity index (χ3n) is 3.37. The van der Waals surface area contributed by atoms with Gasteiger partial charge in [0.1, 0.15) is 5.75 Å². The number of anilines is 1. The minimum atomic E-state index is 0.394. The van der Waals surface area contributed by atoms with Gasteiger partial charge in [0.05, 0.1) is 29.9 Å². The highest BCUT2D eigenvalue weighted by atomic mass is 35.5. The van der Waals surface area contributed by atoms with Gasteiger partial charge in [-0.05, 0) is 36.8 Å². The third-order valence-corrected chi connectivity index (χ3v) is 3.68. The fraction of sp³-hybridized carbons (Fsp3) is 0.176. The van der Waals surface area contributed by atoms with Gasteiger partial charge < -0.3 is 14.6 Å². The maximum absolute atomic E-state index is 6.19. The number of nitrogens with zero attached hydrogens (tertiary/aromatic N) is 2. The van der Waals surface area contributed by atoms with E-state index in [2.05, 4.69) is 15.5 Å². The molecule has 23 heavy (non-hydrogen) atoms. The number of para-hydroxylation sites is 1. The second-order valence-electron chi connectivity index (χ2n) is 5.05. The molecule has 1 N–H and O–H groups in total. The standard InChI is InChI=1S/C17H16ClN3O2/c1-11-7-8-14(13(18)9-11)19-10-16-20-17(21-23-16)12-5-3-4-6-15(12)22-2/h3-9,19H,10H2,1-2H3. The average Bonchev–Trinajstić information content (AvgIpc) is 3.03. The van der Waals surface area contributed by atoms with Gasteiger partial charge in [-0.2, -0.15) is 4.98 Å². The van der Waals surface area contributed by atoms with Crippen molar-refractivity contribution in [2.45, 2.75) is 13.5 Å². The topological polar surface area (TPSA) is 60.2 Å². The van der Waals surface area contributed by atoms with Crippen molar-refractivity contribution in [3.63, 3.8) is 0 Å². The number of aromatic nitrogens is 2. The Morgan fingerprint density at radius 1 is 1.22 bits per heavy atom. The summed E-state index contributed by atoms with van der Waals surface area (Å²) in [6, 6.07) is 13.4. The van der Waals surface area contributed by atoms with Gasteiger partial charge in [0.15, 0.2) is 0 Å². The number of aryl methyl sites for hydroxylation is 1. The van der Waals surface area contributed by atoms with Crippen LogP contribution < -0.4 is 10.1 Å². The second-order valence-corrected chi connectivity index (χ2v) is 5.46. The molecule has 0 saturated carbocycles. The number of methoxy groups -OCH3 is 1. The van der Waals surface area contributed by atoms with Crippen LogP contribution in [0.1, 0.15) is 11.5 Å². The van der Waals surface area contributed by atoms with Gasteiger partial charge in [-0.25, -0.2) is 0 Å². The number of hydrogen-bond acceptors (Lipinski definition) is 5. The minimum Gasteiger partial charge on any atom is -0.496 e. The molecule has 0 bridgehead atoms. The Morgan fingerprint density at radius 2 is 2.04 bits per heavy atom. The summed E-state index contributed by atoms with van der Waals surface area (Å²) >= 11 is 6.19. The van der Waals surface area contributed by atoms with Crippen LogP contribution in [-0.2, 0) is 6.54 Å². The maximum Gasteiger partial charge on any atom is 0.246 e. The van der Waals surface area contributed by atoms with Crippen LogP contribution in [0.4, 0.5) is 5.69 Å². The van der Waals surface area contributed by atoms with E-state index in [-0.39, 0.29) is 0 Å². The van der Waals surface area contributed by atoms with Crippen molar-refractivity contribution in [2.24, 2.45) is 0 Å². The highest BCUT2D eigenvalue weighted by Gasteiger charge is 2.13. The molecule has 0 saturated heterocycles. The van der Waals surface area contributed by atoms with Gasteiger partial charge in [-0.1, -0.05) is 35.0 Å². The molecule has 5 nitrogen and oxygen atoms in total. The Labute approximate surface area is 139 Å². The summed E-state index contributed by atoms with van der Waals surface area (Å²) in [5.74, 6) is 1.67. The zero-order chi connectivity index (χ0) is 16.2. The summed E-state index contributed by atoms with van der Waals surface area (Å²) in [5, 5.41) is 7.86. The van der Waals surface area contributed by atoms with E-state index in [1.54, 1.807) is 7.11 Å². The van der Waals surface area contributed by atoms with Crippen LogP contribution in [0.3, 0.4) is 0 Å². The van der Waals surface area contributed by atoms with Crippen molar-refractivity contribution in [3.8, 4) is 17.1 Å². The first-order valence-electron chi connectivity index (χ1n) is 7.13. The fourth-order valence-electron chi connectivity index (χ4n) is 2.20. The lowest BCUT2D eigenvalue weighted by Crippen LogP contribution is -2.00. The van der Waals surface area contributed by atoms with E-state index < -0.39 is 0 Å². The predicted octanol–water partition coefficient (Wildman–Crippen LogP) is 4.32. The van der Waals surface area contributed by atoms with E-state index in [4.69, 9.17) is 20.9 Å². The zero-order valence-electron chi connectivity index (χ0n) is 12.8. The quantitative estimate of drug-likeness (QED) is 0.755. The Kier molecular flexibility index (Phi) is 4.48. The van der Waals surface area contributed by atoms with E-state index in [9.17, 15) is 0 Å². The smallest absolute Gasteiger partial charge is 0.246 e. The zero-order valence-corrected chi connectivity index (χ0v) is 13.6. The number of halogens is 1. The lowest BCUT2D eigenvalue weighted by molar-refractivity contribution is 0.383. The number of ether oxygens (including phenoxy) is 1. The van der Waals surface area contributed by atoms with Gasteiger partial charge in [0.2, 0.25) is 11.7 Å². The van der Waals surface area contributed by atoms with Crippen molar-refractivity contribution in [1.82, 2.24) is 10.1 Å². The van der Waals surface area contributed by atoms with Gasteiger partial charge in [0, 0.05) is 0 Å². The normalized spacial score (nSPS) is 10.6. The van der Waals surface area contributed by atoms with Crippen molar-refractivity contribution in [3.05, 3.63) is 58.9 Å². The summed E-state index contributed by atoms with van der Waals surface area (Å²) in [5.41, 5.74) is 2.73. The molecular weight excluding hydrogens is 314 g/mol. The predicted molar refractivity (Wildman–Crippen MR) is 89.8 cm³/mol. The summed E-state index contributed by atoms with van der Waals surface area (Å²) < 4.78 is 10.6. The van der Waals surface area contributed by atoms with Crippen molar-refractivity contribution in [1.29, 1.82) is 0 Å². The molecule has 1 heterocycles. The molecule has 2 aromatic carbocycles. The molecule has 0 aliphatic heterocycles. The van der Waals surface area contributed by atoms with Crippen LogP contribution in [0.25, 0.3) is 11.4 Å². The molecule has 0 aliphatic rings. The number of nitrogens with one attached hydrogen (secondary N) is 1. The average molecular weight is 330 g/mol. The lowest BCUT2D eigenvalue weighted by atomic mass is 10.2. The van der Waals surface area contributed by atoms with E-state index >= 15 is 0 Å². The number of benzene rings is 2. The highest BCUT2D eigenvalue weighted by molar-refractivity contribution is 6.33. The Hall–Kier alpha value is -2.53. The van der Waals surface area contributed by atoms with Crippen LogP contribution in [0.5, 0.6) is 5.75 Å². The highest BCUT2D eigenvalue weighted by Crippen LogP contribution is 2.27. The molecular formula is C17H16ClN3O2. The van der Waals surface area contributed by atoms with E-state index in [1.807, 2.05) is 49.4 Å². The third kappa shape index (κ3) is 3.46. The van der Waals surface area contributed by atoms with Crippen LogP contribution >= 0.6 is 11.6 Å². The Morgan fingerprint density at radius 3 is 2.83 bits per heavy atom. The fourth-order valence-corrected chi connectivity index (χ4v) is 2.50. The van der Waals surface area contributed by atoms with Crippen LogP contribution in [0, 0.1) is 6.92 Å². The lowest BCUT2D eigenvalue weighted by Gasteiger charge is -2.06. The molecule has 3 aromatic rings. The number of rotatable bonds is 5. The molecule has 0 radical (unpaired) electrons. The first kappa shape index (κ1) is 15.4. The Bertz CT molecular complexity index is 817. The van der Waals surface area contributed by atoms with Crippen molar-refractivity contribution >= 4 is 17.3 Å². The largest absolute Gasteiger partial charge is 0.496 e. The maximum atomic E-state index is 6.19. The van der Waals surface area contributed by atoms with E-state index in [1.165, 1.54) is 0 Å². The molecule has 0 spiro atoms. The van der Waals surface area contributed by atoms with Gasteiger partial charge >= 0.3 is 0 Å². The first-order chi connectivity index (χ1) is 11.2. The minimum absolute atomic E-state index is 0.394. The van der Waals surface area contributed by atoms with E-state index in [0.717, 1.165) is 16.8 Å². The van der Waals surface area contributed by atoms with Crippen LogP contribution in [-0.4, -0.2) is 17.3 Å². The van der Waals surface area contributed by atoms with Gasteiger partial charge in [0.25, 0.3) is 0 Å². The molecule has 1 aromatic heterocycles. The molecule has 118 valence electrons. The molecule has 0 unspecified atom stereocenters. The molecule has 0 atom stereocenters. The summed E-state index contributed by atoms with van der Waals surface area (Å²) in [7, 11) is 1.61. The SMILES string of the molecule is COc1ccccc1-c1noc(CNc2ccc(C)cc2Cl)n1. The van der Waals surface area contributed by atoms with E-state index in [0.29, 0.717) is 29.0 Å². The molecule has 0 fully saturated rings. The monoisotopic (exact) mass is 329 g/mol. The van der Waals surface area contributed by atoms with Gasteiger partial charge in [-0.3, -0.25) is 0 Å². The van der Waals surface area contributed by atoms with Crippen LogP contribution in [0.2, 0.25) is 5.02 Å².